The average molecular weight is 271 g/mol. The zero-order valence-corrected chi connectivity index (χ0v) is 10.2. The highest BCUT2D eigenvalue weighted by Gasteiger charge is 2.39. The normalized spacial score (nSPS) is 20.0. The summed E-state index contributed by atoms with van der Waals surface area (Å²) in [6.45, 7) is 0.0581. The largest absolute Gasteiger partial charge is 0.478 e. The van der Waals surface area contributed by atoms with Gasteiger partial charge in [-0.1, -0.05) is 0 Å². The van der Waals surface area contributed by atoms with Gasteiger partial charge in [0.05, 0.1) is 0 Å². The van der Waals surface area contributed by atoms with Crippen LogP contribution >= 0.6 is 0 Å². The Balaban J connectivity index is 2.70. The zero-order valence-electron chi connectivity index (χ0n) is 10.2. The summed E-state index contributed by atoms with van der Waals surface area (Å²) < 4.78 is 41.3. The van der Waals surface area contributed by atoms with Crippen LogP contribution in [-0.4, -0.2) is 30.6 Å². The fourth-order valence-corrected chi connectivity index (χ4v) is 2.12. The second kappa shape index (κ2) is 4.60. The molecule has 0 amide bonds. The Labute approximate surface area is 108 Å². The van der Waals surface area contributed by atoms with Crippen LogP contribution < -0.4 is 4.90 Å². The van der Waals surface area contributed by atoms with Crippen molar-refractivity contribution in [1.82, 2.24) is 0 Å². The first-order valence-electron chi connectivity index (χ1n) is 5.65. The smallest absolute Gasteiger partial charge is 0.328 e. The Morgan fingerprint density at radius 2 is 2.16 bits per heavy atom. The Hall–Kier alpha value is -1.98. The molecular weight excluding hydrogens is 259 g/mol. The number of hydrogen-bond acceptors (Lipinski definition) is 2. The quantitative estimate of drug-likeness (QED) is 0.798. The highest BCUT2D eigenvalue weighted by atomic mass is 19.3. The van der Waals surface area contributed by atoms with Crippen molar-refractivity contribution in [2.24, 2.45) is 0 Å². The molecule has 0 unspecified atom stereocenters. The summed E-state index contributed by atoms with van der Waals surface area (Å²) in [6.07, 6.45) is -0.0592. The molecular formula is C13H12F3NO2. The van der Waals surface area contributed by atoms with Crippen molar-refractivity contribution in [3.63, 3.8) is 0 Å². The minimum Gasteiger partial charge on any atom is -0.478 e. The number of carboxylic acids is 1. The predicted molar refractivity (Wildman–Crippen MR) is 64.8 cm³/mol. The Morgan fingerprint density at radius 3 is 2.79 bits per heavy atom. The van der Waals surface area contributed by atoms with Crippen molar-refractivity contribution in [2.45, 2.75) is 12.3 Å². The standard InChI is InChI=1S/C13H12F3NO2/c1-17-5-4-13(15,16)10(7-12(18)19)9-6-8(14)2-3-11(9)17/h2-3,6-7H,4-5H2,1H3,(H,18,19)/b10-7-. The van der Waals surface area contributed by atoms with Crippen molar-refractivity contribution in [1.29, 1.82) is 0 Å². The topological polar surface area (TPSA) is 40.5 Å². The van der Waals surface area contributed by atoms with Crippen LogP contribution in [0.3, 0.4) is 0 Å². The van der Waals surface area contributed by atoms with Crippen molar-refractivity contribution in [2.75, 3.05) is 18.5 Å². The molecule has 1 aromatic carbocycles. The van der Waals surface area contributed by atoms with Gasteiger partial charge >= 0.3 is 5.97 Å². The summed E-state index contributed by atoms with van der Waals surface area (Å²) in [5.41, 5.74) is -0.336. The summed E-state index contributed by atoms with van der Waals surface area (Å²) >= 11 is 0. The summed E-state index contributed by atoms with van der Waals surface area (Å²) in [5, 5.41) is 8.73. The molecule has 3 nitrogen and oxygen atoms in total. The molecule has 0 aliphatic carbocycles. The van der Waals surface area contributed by atoms with E-state index in [2.05, 4.69) is 0 Å². The van der Waals surface area contributed by atoms with E-state index in [4.69, 9.17) is 5.11 Å². The van der Waals surface area contributed by atoms with Crippen LogP contribution in [0.4, 0.5) is 18.9 Å². The molecule has 102 valence electrons. The van der Waals surface area contributed by atoms with E-state index < -0.39 is 29.7 Å². The molecule has 0 saturated carbocycles. The van der Waals surface area contributed by atoms with Gasteiger partial charge in [-0.25, -0.2) is 18.0 Å². The van der Waals surface area contributed by atoms with Gasteiger partial charge in [-0.05, 0) is 18.2 Å². The first-order valence-corrected chi connectivity index (χ1v) is 5.65. The molecule has 0 spiro atoms. The number of alkyl halides is 2. The summed E-state index contributed by atoms with van der Waals surface area (Å²) in [7, 11) is 1.61. The number of carbonyl (C=O) groups is 1. The fourth-order valence-electron chi connectivity index (χ4n) is 2.12. The van der Waals surface area contributed by atoms with E-state index in [1.54, 1.807) is 11.9 Å². The second-order valence-electron chi connectivity index (χ2n) is 4.43. The maximum absolute atomic E-state index is 14.0. The van der Waals surface area contributed by atoms with Gasteiger partial charge < -0.3 is 10.0 Å². The number of rotatable bonds is 1. The minimum atomic E-state index is -3.30. The predicted octanol–water partition coefficient (Wildman–Crippen LogP) is 2.77. The van der Waals surface area contributed by atoms with Crippen LogP contribution in [0.25, 0.3) is 5.57 Å². The third kappa shape index (κ3) is 2.57. The summed E-state index contributed by atoms with van der Waals surface area (Å²) in [5.74, 6) is -5.46. The second-order valence-corrected chi connectivity index (χ2v) is 4.43. The number of fused-ring (bicyclic) bond motifs is 1. The Bertz CT molecular complexity index is 555. The minimum absolute atomic E-state index is 0.0581. The molecule has 6 heteroatoms. The van der Waals surface area contributed by atoms with Gasteiger partial charge in [-0.2, -0.15) is 0 Å². The summed E-state index contributed by atoms with van der Waals surface area (Å²) in [6, 6.07) is 3.48. The van der Waals surface area contributed by atoms with E-state index in [-0.39, 0.29) is 12.1 Å². The lowest BCUT2D eigenvalue weighted by Gasteiger charge is -2.18. The third-order valence-corrected chi connectivity index (χ3v) is 3.08. The molecule has 1 N–H and O–H groups in total. The van der Waals surface area contributed by atoms with Crippen molar-refractivity contribution < 1.29 is 23.1 Å². The van der Waals surface area contributed by atoms with Gasteiger partial charge in [0, 0.05) is 42.9 Å². The number of hydrogen-bond donors (Lipinski definition) is 1. The number of anilines is 1. The maximum atomic E-state index is 14.0. The van der Waals surface area contributed by atoms with Gasteiger partial charge in [0.15, 0.2) is 0 Å². The van der Waals surface area contributed by atoms with E-state index in [1.807, 2.05) is 0 Å². The van der Waals surface area contributed by atoms with Crippen molar-refractivity contribution in [3.8, 4) is 0 Å². The molecule has 19 heavy (non-hydrogen) atoms. The highest BCUT2D eigenvalue weighted by Crippen LogP contribution is 2.42. The molecule has 0 saturated heterocycles. The first-order chi connectivity index (χ1) is 8.81. The van der Waals surface area contributed by atoms with Crippen LogP contribution in [0.2, 0.25) is 0 Å². The molecule has 1 aromatic rings. The van der Waals surface area contributed by atoms with Crippen LogP contribution in [0.1, 0.15) is 12.0 Å². The number of carboxylic acid groups (broad SMARTS) is 1. The van der Waals surface area contributed by atoms with Crippen molar-refractivity contribution in [3.05, 3.63) is 35.7 Å². The third-order valence-electron chi connectivity index (χ3n) is 3.08. The average Bonchev–Trinajstić information content (AvgIpc) is 2.40. The SMILES string of the molecule is CN1CCC(F)(F)/C(=C\C(=O)O)c2cc(F)ccc21. The van der Waals surface area contributed by atoms with E-state index in [1.165, 1.54) is 6.07 Å². The number of nitrogens with zero attached hydrogens (tertiary/aromatic N) is 1. The zero-order chi connectivity index (χ0) is 14.2. The molecule has 1 aliphatic rings. The summed E-state index contributed by atoms with van der Waals surface area (Å²) in [4.78, 5) is 12.3. The monoisotopic (exact) mass is 271 g/mol. The van der Waals surface area contributed by atoms with Gasteiger partial charge in [-0.15, -0.1) is 0 Å². The number of benzene rings is 1. The molecule has 0 atom stereocenters. The van der Waals surface area contributed by atoms with Gasteiger partial charge in [0.2, 0.25) is 0 Å². The molecule has 0 aromatic heterocycles. The van der Waals surface area contributed by atoms with Crippen LogP contribution in [0.5, 0.6) is 0 Å². The molecule has 1 aliphatic heterocycles. The molecule has 0 radical (unpaired) electrons. The lowest BCUT2D eigenvalue weighted by atomic mass is 9.97. The van der Waals surface area contributed by atoms with Crippen LogP contribution in [0, 0.1) is 5.82 Å². The fraction of sp³-hybridized carbons (Fsp3) is 0.308. The molecule has 0 fully saturated rings. The lowest BCUT2D eigenvalue weighted by Crippen LogP contribution is -2.23. The lowest BCUT2D eigenvalue weighted by molar-refractivity contribution is -0.131. The van der Waals surface area contributed by atoms with E-state index in [0.717, 1.165) is 12.1 Å². The van der Waals surface area contributed by atoms with Gasteiger partial charge in [0.25, 0.3) is 5.92 Å². The maximum Gasteiger partial charge on any atom is 0.328 e. The molecule has 0 bridgehead atoms. The van der Waals surface area contributed by atoms with Crippen LogP contribution in [0.15, 0.2) is 24.3 Å². The Kier molecular flexibility index (Phi) is 3.26. The Morgan fingerprint density at radius 1 is 1.47 bits per heavy atom. The number of aliphatic carboxylic acids is 1. The molecule has 2 rings (SSSR count). The van der Waals surface area contributed by atoms with Gasteiger partial charge in [-0.3, -0.25) is 0 Å². The number of allylic oxidation sites excluding steroid dienone is 1. The number of halogens is 3. The van der Waals surface area contributed by atoms with E-state index in [0.29, 0.717) is 11.8 Å². The molecule has 1 heterocycles. The van der Waals surface area contributed by atoms with Crippen molar-refractivity contribution >= 4 is 17.2 Å². The van der Waals surface area contributed by atoms with Crippen LogP contribution in [-0.2, 0) is 4.79 Å². The van der Waals surface area contributed by atoms with Gasteiger partial charge in [0.1, 0.15) is 5.82 Å². The van der Waals surface area contributed by atoms with E-state index in [9.17, 15) is 18.0 Å². The highest BCUT2D eigenvalue weighted by molar-refractivity contribution is 5.94. The first kappa shape index (κ1) is 13.5. The van der Waals surface area contributed by atoms with E-state index >= 15 is 0 Å².